The summed E-state index contributed by atoms with van der Waals surface area (Å²) in [6, 6.07) is 6.07. The summed E-state index contributed by atoms with van der Waals surface area (Å²) in [5.74, 6) is 0. The van der Waals surface area contributed by atoms with Crippen molar-refractivity contribution >= 4 is 21.4 Å². The van der Waals surface area contributed by atoms with Crippen molar-refractivity contribution in [2.75, 3.05) is 28.8 Å². The van der Waals surface area contributed by atoms with Crippen molar-refractivity contribution in [2.45, 2.75) is 50.4 Å². The van der Waals surface area contributed by atoms with Gasteiger partial charge in [-0.25, -0.2) is 8.42 Å². The summed E-state index contributed by atoms with van der Waals surface area (Å²) >= 11 is 0. The third kappa shape index (κ3) is 2.50. The second-order valence-electron chi connectivity index (χ2n) is 7.20. The van der Waals surface area contributed by atoms with Gasteiger partial charge in [0.25, 0.3) is 0 Å². The number of benzene rings is 1. The maximum absolute atomic E-state index is 13.2. The van der Waals surface area contributed by atoms with E-state index in [0.29, 0.717) is 6.54 Å². The van der Waals surface area contributed by atoms with Crippen LogP contribution >= 0.6 is 0 Å². The van der Waals surface area contributed by atoms with Crippen LogP contribution < -0.4 is 20.1 Å². The highest BCUT2D eigenvalue weighted by molar-refractivity contribution is 7.93. The quantitative estimate of drug-likeness (QED) is 0.859. The topological polar surface area (TPSA) is 64.7 Å². The largest absolute Gasteiger partial charge is 0.372 e. The summed E-state index contributed by atoms with van der Waals surface area (Å²) in [6.45, 7) is 6.61. The zero-order valence-electron chi connectivity index (χ0n) is 14.3. The molecule has 0 saturated carbocycles. The van der Waals surface area contributed by atoms with E-state index in [1.54, 1.807) is 4.31 Å². The standard InChI is InChI=1S/C17H26N4O2S/c1-12-17(13(2)19-18-12)24(22,23)21-10-7-14-11-15(5-6-16(14)21)20-8-3-4-9-20/h5-6,11-13,17-19H,3-4,7-10H2,1-2H3. The van der Waals surface area contributed by atoms with Crippen LogP contribution in [0.2, 0.25) is 0 Å². The van der Waals surface area contributed by atoms with Gasteiger partial charge in [-0.05, 0) is 56.9 Å². The molecule has 3 aliphatic rings. The third-order valence-corrected chi connectivity index (χ3v) is 8.06. The van der Waals surface area contributed by atoms with Crippen LogP contribution in [0.4, 0.5) is 11.4 Å². The first-order valence-electron chi connectivity index (χ1n) is 8.89. The van der Waals surface area contributed by atoms with Gasteiger partial charge in [0.15, 0.2) is 0 Å². The van der Waals surface area contributed by atoms with Crippen LogP contribution in [0.5, 0.6) is 0 Å². The predicted octanol–water partition coefficient (Wildman–Crippen LogP) is 1.23. The minimum Gasteiger partial charge on any atom is -0.372 e. The Morgan fingerprint density at radius 3 is 2.38 bits per heavy atom. The molecule has 1 aromatic carbocycles. The number of fused-ring (bicyclic) bond motifs is 1. The van der Waals surface area contributed by atoms with Gasteiger partial charge in [0, 0.05) is 37.4 Å². The van der Waals surface area contributed by atoms with E-state index < -0.39 is 15.3 Å². The van der Waals surface area contributed by atoms with Gasteiger partial charge in [-0.1, -0.05) is 0 Å². The maximum atomic E-state index is 13.2. The fourth-order valence-corrected chi connectivity index (χ4v) is 6.58. The summed E-state index contributed by atoms with van der Waals surface area (Å²) in [7, 11) is -3.39. The number of nitrogens with one attached hydrogen (secondary N) is 2. The van der Waals surface area contributed by atoms with Crippen LogP contribution in [-0.4, -0.2) is 45.4 Å². The highest BCUT2D eigenvalue weighted by Gasteiger charge is 2.45. The summed E-state index contributed by atoms with van der Waals surface area (Å²) < 4.78 is 28.0. The van der Waals surface area contributed by atoms with Crippen LogP contribution in [-0.2, 0) is 16.4 Å². The van der Waals surface area contributed by atoms with Gasteiger partial charge in [-0.3, -0.25) is 15.2 Å². The van der Waals surface area contributed by atoms with Gasteiger partial charge in [0.1, 0.15) is 5.25 Å². The van der Waals surface area contributed by atoms with E-state index in [-0.39, 0.29) is 12.1 Å². The number of hydrogen-bond donors (Lipinski definition) is 2. The molecule has 3 aliphatic heterocycles. The van der Waals surface area contributed by atoms with Crippen LogP contribution in [0, 0.1) is 0 Å². The normalized spacial score (nSPS) is 30.2. The number of nitrogens with zero attached hydrogens (tertiary/aromatic N) is 2. The van der Waals surface area contributed by atoms with Crippen molar-refractivity contribution in [1.82, 2.24) is 10.9 Å². The molecule has 24 heavy (non-hydrogen) atoms. The molecule has 132 valence electrons. The Morgan fingerprint density at radius 2 is 1.71 bits per heavy atom. The van der Waals surface area contributed by atoms with Crippen LogP contribution in [0.15, 0.2) is 18.2 Å². The minimum absolute atomic E-state index is 0.0991. The lowest BCUT2D eigenvalue weighted by Gasteiger charge is -2.27. The van der Waals surface area contributed by atoms with E-state index in [2.05, 4.69) is 27.9 Å². The molecule has 2 atom stereocenters. The summed E-state index contributed by atoms with van der Waals surface area (Å²) in [6.07, 6.45) is 3.29. The second-order valence-corrected chi connectivity index (χ2v) is 9.22. The smallest absolute Gasteiger partial charge is 0.241 e. The van der Waals surface area contributed by atoms with E-state index in [1.165, 1.54) is 18.5 Å². The Hall–Kier alpha value is -1.31. The third-order valence-electron chi connectivity index (χ3n) is 5.56. The average molecular weight is 350 g/mol. The van der Waals surface area contributed by atoms with Crippen molar-refractivity contribution < 1.29 is 8.42 Å². The molecule has 0 amide bonds. The average Bonchev–Trinajstić information content (AvgIpc) is 3.26. The zero-order chi connectivity index (χ0) is 16.9. The van der Waals surface area contributed by atoms with Gasteiger partial charge in [0.2, 0.25) is 10.0 Å². The van der Waals surface area contributed by atoms with Crippen molar-refractivity contribution in [1.29, 1.82) is 0 Å². The number of sulfonamides is 1. The Labute approximate surface area is 144 Å². The molecule has 6 nitrogen and oxygen atoms in total. The molecular weight excluding hydrogens is 324 g/mol. The maximum Gasteiger partial charge on any atom is 0.241 e. The molecule has 0 bridgehead atoms. The lowest BCUT2D eigenvalue weighted by atomic mass is 10.1. The fourth-order valence-electron chi connectivity index (χ4n) is 4.32. The van der Waals surface area contributed by atoms with Gasteiger partial charge in [-0.2, -0.15) is 0 Å². The van der Waals surface area contributed by atoms with Crippen molar-refractivity contribution in [3.05, 3.63) is 23.8 Å². The number of hydrogen-bond acceptors (Lipinski definition) is 5. The second kappa shape index (κ2) is 5.89. The molecule has 2 N–H and O–H groups in total. The Bertz CT molecular complexity index is 720. The molecule has 7 heteroatoms. The highest BCUT2D eigenvalue weighted by atomic mass is 32.2. The molecule has 0 spiro atoms. The Morgan fingerprint density at radius 1 is 1.04 bits per heavy atom. The molecule has 0 aliphatic carbocycles. The highest BCUT2D eigenvalue weighted by Crippen LogP contribution is 2.36. The van der Waals surface area contributed by atoms with Gasteiger partial charge >= 0.3 is 0 Å². The number of rotatable bonds is 3. The molecule has 4 rings (SSSR count). The van der Waals surface area contributed by atoms with E-state index >= 15 is 0 Å². The monoisotopic (exact) mass is 350 g/mol. The van der Waals surface area contributed by atoms with E-state index in [0.717, 1.165) is 30.8 Å². The zero-order valence-corrected chi connectivity index (χ0v) is 15.1. The minimum atomic E-state index is -3.39. The molecule has 2 saturated heterocycles. The van der Waals surface area contributed by atoms with Gasteiger partial charge in [-0.15, -0.1) is 0 Å². The van der Waals surface area contributed by atoms with Gasteiger partial charge < -0.3 is 4.90 Å². The van der Waals surface area contributed by atoms with Crippen molar-refractivity contribution in [2.24, 2.45) is 0 Å². The first-order valence-corrected chi connectivity index (χ1v) is 10.4. The van der Waals surface area contributed by atoms with E-state index in [4.69, 9.17) is 0 Å². The van der Waals surface area contributed by atoms with Crippen LogP contribution in [0.3, 0.4) is 0 Å². The fraction of sp³-hybridized carbons (Fsp3) is 0.647. The molecule has 1 aromatic rings. The lowest BCUT2D eigenvalue weighted by Crippen LogP contribution is -2.46. The molecule has 2 unspecified atom stereocenters. The summed E-state index contributed by atoms with van der Waals surface area (Å²) in [5.41, 5.74) is 9.37. The molecule has 0 radical (unpaired) electrons. The number of anilines is 2. The van der Waals surface area contributed by atoms with Crippen LogP contribution in [0.1, 0.15) is 32.3 Å². The van der Waals surface area contributed by atoms with Crippen molar-refractivity contribution in [3.8, 4) is 0 Å². The Kier molecular flexibility index (Phi) is 3.97. The number of hydrazine groups is 1. The van der Waals surface area contributed by atoms with E-state index in [1.807, 2.05) is 19.9 Å². The first-order chi connectivity index (χ1) is 11.5. The molecular formula is C17H26N4O2S. The summed E-state index contributed by atoms with van der Waals surface area (Å²) in [5, 5.41) is -0.443. The lowest BCUT2D eigenvalue weighted by molar-refractivity contribution is 0.555. The first kappa shape index (κ1) is 16.2. The molecule has 3 heterocycles. The molecule has 0 aromatic heterocycles. The van der Waals surface area contributed by atoms with Crippen molar-refractivity contribution in [3.63, 3.8) is 0 Å². The Balaban J connectivity index is 1.64. The summed E-state index contributed by atoms with van der Waals surface area (Å²) in [4.78, 5) is 2.40. The SMILES string of the molecule is CC1NNC(C)C1S(=O)(=O)N1CCc2cc(N3CCCC3)ccc21. The molecule has 2 fully saturated rings. The van der Waals surface area contributed by atoms with Gasteiger partial charge in [0.05, 0.1) is 5.69 Å². The van der Waals surface area contributed by atoms with E-state index in [9.17, 15) is 8.42 Å². The predicted molar refractivity (Wildman–Crippen MR) is 96.8 cm³/mol. The van der Waals surface area contributed by atoms with Crippen LogP contribution in [0.25, 0.3) is 0 Å².